The molecule has 1 amide bonds. The summed E-state index contributed by atoms with van der Waals surface area (Å²) >= 11 is 0. The second kappa shape index (κ2) is 8.45. The zero-order chi connectivity index (χ0) is 18.5. The first-order valence-corrected chi connectivity index (χ1v) is 9.63. The molecule has 1 saturated heterocycles. The lowest BCUT2D eigenvalue weighted by molar-refractivity contribution is 0.0651. The maximum atomic E-state index is 12.1. The fourth-order valence-electron chi connectivity index (χ4n) is 3.83. The van der Waals surface area contributed by atoms with Crippen molar-refractivity contribution in [2.24, 2.45) is 0 Å². The van der Waals surface area contributed by atoms with E-state index in [2.05, 4.69) is 20.3 Å². The van der Waals surface area contributed by atoms with E-state index in [0.717, 1.165) is 37.8 Å². The molecule has 1 N–H and O–H groups in total. The molecule has 7 heteroatoms. The minimum Gasteiger partial charge on any atom is -0.406 e. The molecule has 27 heavy (non-hydrogen) atoms. The summed E-state index contributed by atoms with van der Waals surface area (Å²) in [4.78, 5) is 23.2. The summed E-state index contributed by atoms with van der Waals surface area (Å²) < 4.78 is 5.30. The van der Waals surface area contributed by atoms with Crippen LogP contribution in [0.3, 0.4) is 0 Å². The number of piperazine rings is 1. The number of rotatable bonds is 4. The van der Waals surface area contributed by atoms with E-state index in [1.165, 1.54) is 38.1 Å². The fourth-order valence-corrected chi connectivity index (χ4v) is 3.83. The molecule has 7 nitrogen and oxygen atoms in total. The summed E-state index contributed by atoms with van der Waals surface area (Å²) in [7, 11) is 0. The number of hydrogen-bond acceptors (Lipinski definition) is 6. The molecule has 1 saturated carbocycles. The van der Waals surface area contributed by atoms with Crippen LogP contribution in [0.25, 0.3) is 11.4 Å². The van der Waals surface area contributed by atoms with Crippen LogP contribution in [-0.4, -0.2) is 58.2 Å². The lowest BCUT2D eigenvalue weighted by Gasteiger charge is -2.37. The highest BCUT2D eigenvalue weighted by Crippen LogP contribution is 2.24. The molecule has 2 aliphatic rings. The van der Waals surface area contributed by atoms with Crippen LogP contribution in [0.1, 0.15) is 25.7 Å². The Kier molecular flexibility index (Phi) is 5.60. The van der Waals surface area contributed by atoms with Gasteiger partial charge in [-0.2, -0.15) is 0 Å². The lowest BCUT2D eigenvalue weighted by Crippen LogP contribution is -2.55. The molecule has 1 aliphatic heterocycles. The molecule has 0 spiro atoms. The molecule has 2 heterocycles. The van der Waals surface area contributed by atoms with Crippen molar-refractivity contribution in [3.8, 4) is 17.1 Å². The van der Waals surface area contributed by atoms with Crippen LogP contribution in [0.15, 0.2) is 42.7 Å². The second-order valence-corrected chi connectivity index (χ2v) is 7.07. The van der Waals surface area contributed by atoms with Gasteiger partial charge in [0.2, 0.25) is 0 Å². The van der Waals surface area contributed by atoms with Gasteiger partial charge < -0.3 is 4.74 Å². The Morgan fingerprint density at radius 3 is 2.33 bits per heavy atom. The van der Waals surface area contributed by atoms with Crippen molar-refractivity contribution in [1.29, 1.82) is 0 Å². The van der Waals surface area contributed by atoms with E-state index in [0.29, 0.717) is 11.6 Å². The van der Waals surface area contributed by atoms with Crippen molar-refractivity contribution in [2.75, 3.05) is 26.2 Å². The van der Waals surface area contributed by atoms with Gasteiger partial charge in [-0.15, -0.1) is 0 Å². The number of nitrogens with one attached hydrogen (secondary N) is 1. The van der Waals surface area contributed by atoms with E-state index in [-0.39, 0.29) is 0 Å². The first-order chi connectivity index (χ1) is 13.3. The van der Waals surface area contributed by atoms with Crippen LogP contribution in [0, 0.1) is 0 Å². The Bertz CT molecular complexity index is 739. The highest BCUT2D eigenvalue weighted by atomic mass is 16.6. The van der Waals surface area contributed by atoms with Gasteiger partial charge in [-0.3, -0.25) is 10.3 Å². The standard InChI is InChI=1S/C20H25N5O2/c26-20(23-25-12-10-24(11-13-25)17-8-4-5-9-17)27-18-14-21-19(22-15-18)16-6-2-1-3-7-16/h1-3,6-7,14-15,17H,4-5,8-13H2,(H,23,26). The van der Waals surface area contributed by atoms with Gasteiger partial charge in [0.05, 0.1) is 12.4 Å². The highest BCUT2D eigenvalue weighted by molar-refractivity contribution is 5.69. The van der Waals surface area contributed by atoms with Gasteiger partial charge >= 0.3 is 6.09 Å². The first kappa shape index (κ1) is 17.9. The molecule has 142 valence electrons. The van der Waals surface area contributed by atoms with Crippen molar-refractivity contribution in [3.05, 3.63) is 42.7 Å². The maximum Gasteiger partial charge on any atom is 0.427 e. The van der Waals surface area contributed by atoms with Crippen molar-refractivity contribution in [3.63, 3.8) is 0 Å². The third-order valence-corrected chi connectivity index (χ3v) is 5.28. The number of hydrazine groups is 1. The Morgan fingerprint density at radius 2 is 1.67 bits per heavy atom. The van der Waals surface area contributed by atoms with Gasteiger partial charge in [0.1, 0.15) is 0 Å². The lowest BCUT2D eigenvalue weighted by atomic mass is 10.2. The Balaban J connectivity index is 1.25. The third kappa shape index (κ3) is 4.61. The van der Waals surface area contributed by atoms with Crippen molar-refractivity contribution in [2.45, 2.75) is 31.7 Å². The van der Waals surface area contributed by atoms with E-state index >= 15 is 0 Å². The topological polar surface area (TPSA) is 70.6 Å². The number of ether oxygens (including phenoxy) is 1. The number of benzene rings is 1. The van der Waals surface area contributed by atoms with Crippen LogP contribution in [0.2, 0.25) is 0 Å². The van der Waals surface area contributed by atoms with Gasteiger partial charge in [0.25, 0.3) is 0 Å². The number of aromatic nitrogens is 2. The van der Waals surface area contributed by atoms with Gasteiger partial charge in [-0.1, -0.05) is 43.2 Å². The molecule has 1 aromatic heterocycles. The average Bonchev–Trinajstić information content (AvgIpc) is 3.25. The highest BCUT2D eigenvalue weighted by Gasteiger charge is 2.26. The predicted molar refractivity (Wildman–Crippen MR) is 102 cm³/mol. The summed E-state index contributed by atoms with van der Waals surface area (Å²) in [6.07, 6.45) is 7.87. The van der Waals surface area contributed by atoms with Crippen molar-refractivity contribution >= 4 is 6.09 Å². The zero-order valence-corrected chi connectivity index (χ0v) is 15.4. The van der Waals surface area contributed by atoms with Gasteiger partial charge in [0, 0.05) is 37.8 Å². The first-order valence-electron chi connectivity index (χ1n) is 9.63. The predicted octanol–water partition coefficient (Wildman–Crippen LogP) is 2.71. The molecule has 4 rings (SSSR count). The quantitative estimate of drug-likeness (QED) is 0.896. The molecule has 2 aromatic rings. The van der Waals surface area contributed by atoms with Gasteiger partial charge in [-0.05, 0) is 12.8 Å². The van der Waals surface area contributed by atoms with Crippen molar-refractivity contribution in [1.82, 2.24) is 25.3 Å². The van der Waals surface area contributed by atoms with Gasteiger partial charge in [-0.25, -0.2) is 19.8 Å². The van der Waals surface area contributed by atoms with E-state index in [4.69, 9.17) is 4.74 Å². The Morgan fingerprint density at radius 1 is 1.00 bits per heavy atom. The summed E-state index contributed by atoms with van der Waals surface area (Å²) in [5, 5.41) is 1.92. The minimum absolute atomic E-state index is 0.330. The summed E-state index contributed by atoms with van der Waals surface area (Å²) in [6.45, 7) is 3.60. The summed E-state index contributed by atoms with van der Waals surface area (Å²) in [6, 6.07) is 10.4. The van der Waals surface area contributed by atoms with E-state index in [1.54, 1.807) is 0 Å². The van der Waals surface area contributed by atoms with Crippen LogP contribution in [-0.2, 0) is 0 Å². The third-order valence-electron chi connectivity index (χ3n) is 5.28. The molecule has 0 atom stereocenters. The summed E-state index contributed by atoms with van der Waals surface area (Å²) in [5.41, 5.74) is 3.74. The van der Waals surface area contributed by atoms with Crippen LogP contribution < -0.4 is 10.2 Å². The summed E-state index contributed by atoms with van der Waals surface area (Å²) in [5.74, 6) is 0.933. The van der Waals surface area contributed by atoms with Crippen LogP contribution in [0.4, 0.5) is 4.79 Å². The molecule has 2 fully saturated rings. The average molecular weight is 367 g/mol. The molecule has 0 radical (unpaired) electrons. The van der Waals surface area contributed by atoms with E-state index in [9.17, 15) is 4.79 Å². The van der Waals surface area contributed by atoms with E-state index in [1.807, 2.05) is 35.3 Å². The van der Waals surface area contributed by atoms with Crippen LogP contribution in [0.5, 0.6) is 5.75 Å². The number of hydrogen-bond donors (Lipinski definition) is 1. The van der Waals surface area contributed by atoms with Crippen molar-refractivity contribution < 1.29 is 9.53 Å². The molecular weight excluding hydrogens is 342 g/mol. The normalized spacial score (nSPS) is 19.1. The van der Waals surface area contributed by atoms with Crippen LogP contribution >= 0.6 is 0 Å². The molecule has 0 bridgehead atoms. The molecule has 1 aromatic carbocycles. The number of carbonyl (C=O) groups is 1. The molecule has 0 unspecified atom stereocenters. The monoisotopic (exact) mass is 367 g/mol. The smallest absolute Gasteiger partial charge is 0.406 e. The largest absolute Gasteiger partial charge is 0.427 e. The minimum atomic E-state index is -0.500. The Labute approximate surface area is 159 Å². The zero-order valence-electron chi connectivity index (χ0n) is 15.4. The number of carbonyl (C=O) groups excluding carboxylic acids is 1. The fraction of sp³-hybridized carbons (Fsp3) is 0.450. The van der Waals surface area contributed by atoms with E-state index < -0.39 is 6.09 Å². The van der Waals surface area contributed by atoms with Gasteiger partial charge in [0.15, 0.2) is 11.6 Å². The SMILES string of the molecule is O=C(NN1CCN(C2CCCC2)CC1)Oc1cnc(-c2ccccc2)nc1. The molecule has 1 aliphatic carbocycles. The number of amides is 1. The second-order valence-electron chi connectivity index (χ2n) is 7.07. The maximum absolute atomic E-state index is 12.1. The Hall–Kier alpha value is -2.51. The number of nitrogens with zero attached hydrogens (tertiary/aromatic N) is 4. The molecular formula is C20H25N5O2.